The van der Waals surface area contributed by atoms with E-state index < -0.39 is 0 Å². The van der Waals surface area contributed by atoms with E-state index >= 15 is 0 Å². The quantitative estimate of drug-likeness (QED) is 0.735. The van der Waals surface area contributed by atoms with E-state index in [2.05, 4.69) is 17.4 Å². The number of nitrogens with one attached hydrogen (secondary N) is 1. The Balaban J connectivity index is 1.66. The molecule has 1 aliphatic carbocycles. The van der Waals surface area contributed by atoms with Crippen LogP contribution in [0.4, 0.5) is 5.69 Å². The Hall–Kier alpha value is -2.81. The summed E-state index contributed by atoms with van der Waals surface area (Å²) in [5.41, 5.74) is 4.23. The number of hydrogen-bond donors (Lipinski definition) is 1. The van der Waals surface area contributed by atoms with Gasteiger partial charge in [0.05, 0.1) is 7.11 Å². The van der Waals surface area contributed by atoms with E-state index in [-0.39, 0.29) is 5.91 Å². The summed E-state index contributed by atoms with van der Waals surface area (Å²) in [5.74, 6) is 0.742. The minimum Gasteiger partial charge on any atom is -0.496 e. The first-order valence-corrected chi connectivity index (χ1v) is 8.75. The van der Waals surface area contributed by atoms with E-state index in [4.69, 9.17) is 4.74 Å². The summed E-state index contributed by atoms with van der Waals surface area (Å²) in [6.07, 6.45) is 4.65. The number of methoxy groups -OCH3 is 1. The van der Waals surface area contributed by atoms with Gasteiger partial charge in [0.2, 0.25) is 0 Å². The highest BCUT2D eigenvalue weighted by atomic mass is 16.5. The van der Waals surface area contributed by atoms with E-state index in [1.54, 1.807) is 7.11 Å². The second-order valence-corrected chi connectivity index (χ2v) is 6.51. The Bertz CT molecular complexity index is 946. The molecule has 3 aromatic rings. The minimum absolute atomic E-state index is 0.0660. The number of fused-ring (bicyclic) bond motifs is 2. The number of carbonyl (C=O) groups is 1. The summed E-state index contributed by atoms with van der Waals surface area (Å²) in [5, 5.41) is 5.04. The van der Waals surface area contributed by atoms with Crippen LogP contribution in [0.2, 0.25) is 0 Å². The molecule has 0 fully saturated rings. The van der Waals surface area contributed by atoms with Gasteiger partial charge < -0.3 is 10.1 Å². The minimum atomic E-state index is -0.0660. The SMILES string of the molecule is COc1ccc(NC(=O)c2ccc3c(c2)CCCC3)c2ccccc12. The molecule has 3 nitrogen and oxygen atoms in total. The first kappa shape index (κ1) is 15.7. The summed E-state index contributed by atoms with van der Waals surface area (Å²) in [6.45, 7) is 0. The Morgan fingerprint density at radius 2 is 1.68 bits per heavy atom. The molecule has 1 aliphatic rings. The fourth-order valence-corrected chi connectivity index (χ4v) is 3.63. The Kier molecular flexibility index (Phi) is 4.14. The fraction of sp³-hybridized carbons (Fsp3) is 0.227. The zero-order valence-corrected chi connectivity index (χ0v) is 14.3. The highest BCUT2D eigenvalue weighted by Gasteiger charge is 2.14. The highest BCUT2D eigenvalue weighted by Crippen LogP contribution is 2.31. The van der Waals surface area contributed by atoms with Crippen LogP contribution < -0.4 is 10.1 Å². The van der Waals surface area contributed by atoms with Crippen molar-refractivity contribution < 1.29 is 9.53 Å². The predicted molar refractivity (Wildman–Crippen MR) is 102 cm³/mol. The molecule has 0 heterocycles. The fourth-order valence-electron chi connectivity index (χ4n) is 3.63. The summed E-state index contributed by atoms with van der Waals surface area (Å²) < 4.78 is 5.42. The molecular formula is C22H21NO2. The number of aryl methyl sites for hydroxylation is 2. The summed E-state index contributed by atoms with van der Waals surface area (Å²) >= 11 is 0. The molecule has 0 radical (unpaired) electrons. The van der Waals surface area contributed by atoms with Crippen LogP contribution in [-0.4, -0.2) is 13.0 Å². The van der Waals surface area contributed by atoms with E-state index in [9.17, 15) is 4.79 Å². The maximum atomic E-state index is 12.8. The first-order valence-electron chi connectivity index (χ1n) is 8.75. The van der Waals surface area contributed by atoms with Crippen molar-refractivity contribution in [3.8, 4) is 5.75 Å². The lowest BCUT2D eigenvalue weighted by atomic mass is 9.90. The van der Waals surface area contributed by atoms with Crippen LogP contribution in [0, 0.1) is 0 Å². The van der Waals surface area contributed by atoms with Gasteiger partial charge in [0, 0.05) is 22.0 Å². The van der Waals surface area contributed by atoms with E-state index in [0.29, 0.717) is 0 Å². The third kappa shape index (κ3) is 2.98. The smallest absolute Gasteiger partial charge is 0.255 e. The van der Waals surface area contributed by atoms with E-state index in [0.717, 1.165) is 40.6 Å². The average Bonchev–Trinajstić information content (AvgIpc) is 2.68. The Morgan fingerprint density at radius 1 is 0.920 bits per heavy atom. The third-order valence-electron chi connectivity index (χ3n) is 4.96. The van der Waals surface area contributed by atoms with Gasteiger partial charge in [-0.15, -0.1) is 0 Å². The molecule has 1 N–H and O–H groups in total. The first-order chi connectivity index (χ1) is 12.3. The van der Waals surface area contributed by atoms with Crippen LogP contribution in [0.15, 0.2) is 54.6 Å². The van der Waals surface area contributed by atoms with Crippen molar-refractivity contribution in [3.63, 3.8) is 0 Å². The molecule has 0 atom stereocenters. The molecule has 0 unspecified atom stereocenters. The topological polar surface area (TPSA) is 38.3 Å². The number of carbonyl (C=O) groups excluding carboxylic acids is 1. The molecule has 126 valence electrons. The standard InChI is InChI=1S/C22H21NO2/c1-25-21-13-12-20(18-8-4-5-9-19(18)21)23-22(24)17-11-10-15-6-2-3-7-16(15)14-17/h4-5,8-14H,2-3,6-7H2,1H3,(H,23,24). The molecule has 0 aromatic heterocycles. The lowest BCUT2D eigenvalue weighted by molar-refractivity contribution is 0.102. The summed E-state index contributed by atoms with van der Waals surface area (Å²) in [4.78, 5) is 12.8. The van der Waals surface area contributed by atoms with Gasteiger partial charge >= 0.3 is 0 Å². The van der Waals surface area contributed by atoms with Crippen molar-refractivity contribution in [3.05, 3.63) is 71.3 Å². The predicted octanol–water partition coefficient (Wildman–Crippen LogP) is 4.98. The van der Waals surface area contributed by atoms with Crippen LogP contribution in [0.1, 0.15) is 34.3 Å². The molecule has 4 rings (SSSR count). The molecule has 0 bridgehead atoms. The molecule has 25 heavy (non-hydrogen) atoms. The normalized spacial score (nSPS) is 13.3. The van der Waals surface area contributed by atoms with Gasteiger partial charge in [0.15, 0.2) is 0 Å². The van der Waals surface area contributed by atoms with Crippen LogP contribution >= 0.6 is 0 Å². The van der Waals surface area contributed by atoms with Gasteiger partial charge in [-0.25, -0.2) is 0 Å². The van der Waals surface area contributed by atoms with Crippen molar-refractivity contribution >= 4 is 22.4 Å². The van der Waals surface area contributed by atoms with Crippen LogP contribution in [-0.2, 0) is 12.8 Å². The number of rotatable bonds is 3. The molecule has 0 saturated carbocycles. The molecule has 3 aromatic carbocycles. The summed E-state index contributed by atoms with van der Waals surface area (Å²) in [7, 11) is 1.66. The lowest BCUT2D eigenvalue weighted by Gasteiger charge is -2.17. The van der Waals surface area contributed by atoms with Gasteiger partial charge in [0.25, 0.3) is 5.91 Å². The Morgan fingerprint density at radius 3 is 2.48 bits per heavy atom. The number of benzene rings is 3. The number of amides is 1. The van der Waals surface area contributed by atoms with Gasteiger partial charge in [-0.05, 0) is 61.1 Å². The second-order valence-electron chi connectivity index (χ2n) is 6.51. The molecule has 1 amide bonds. The van der Waals surface area contributed by atoms with E-state index in [1.165, 1.54) is 24.0 Å². The van der Waals surface area contributed by atoms with Crippen molar-refractivity contribution in [2.45, 2.75) is 25.7 Å². The number of anilines is 1. The average molecular weight is 331 g/mol. The maximum Gasteiger partial charge on any atom is 0.255 e. The van der Waals surface area contributed by atoms with Crippen LogP contribution in [0.5, 0.6) is 5.75 Å². The Labute approximate surface area is 147 Å². The van der Waals surface area contributed by atoms with Crippen molar-refractivity contribution in [2.75, 3.05) is 12.4 Å². The molecular weight excluding hydrogens is 310 g/mol. The van der Waals surface area contributed by atoms with Crippen molar-refractivity contribution in [1.29, 1.82) is 0 Å². The van der Waals surface area contributed by atoms with Crippen LogP contribution in [0.3, 0.4) is 0 Å². The summed E-state index contributed by atoms with van der Waals surface area (Å²) in [6, 6.07) is 17.8. The zero-order chi connectivity index (χ0) is 17.2. The molecule has 0 spiro atoms. The molecule has 0 saturated heterocycles. The highest BCUT2D eigenvalue weighted by molar-refractivity contribution is 6.10. The largest absolute Gasteiger partial charge is 0.496 e. The van der Waals surface area contributed by atoms with Gasteiger partial charge in [-0.3, -0.25) is 4.79 Å². The zero-order valence-electron chi connectivity index (χ0n) is 14.3. The third-order valence-corrected chi connectivity index (χ3v) is 4.96. The number of ether oxygens (including phenoxy) is 1. The van der Waals surface area contributed by atoms with Gasteiger partial charge in [-0.2, -0.15) is 0 Å². The lowest BCUT2D eigenvalue weighted by Crippen LogP contribution is -2.14. The maximum absolute atomic E-state index is 12.8. The molecule has 0 aliphatic heterocycles. The monoisotopic (exact) mass is 331 g/mol. The van der Waals surface area contributed by atoms with Crippen molar-refractivity contribution in [1.82, 2.24) is 0 Å². The van der Waals surface area contributed by atoms with Gasteiger partial charge in [0.1, 0.15) is 5.75 Å². The second kappa shape index (κ2) is 6.60. The van der Waals surface area contributed by atoms with Crippen LogP contribution in [0.25, 0.3) is 10.8 Å². The number of hydrogen-bond acceptors (Lipinski definition) is 2. The van der Waals surface area contributed by atoms with Gasteiger partial charge in [-0.1, -0.05) is 30.3 Å². The molecule has 3 heteroatoms. The van der Waals surface area contributed by atoms with Crippen molar-refractivity contribution in [2.24, 2.45) is 0 Å². The van der Waals surface area contributed by atoms with E-state index in [1.807, 2.05) is 42.5 Å².